The predicted octanol–water partition coefficient (Wildman–Crippen LogP) is 3.31. The molecule has 4 rings (SSSR count). The molecule has 0 unspecified atom stereocenters. The van der Waals surface area contributed by atoms with Crippen LogP contribution >= 0.6 is 0 Å². The number of carbonyl (C=O) groups excluding carboxylic acids is 2. The highest BCUT2D eigenvalue weighted by Gasteiger charge is 2.28. The molecule has 1 aliphatic carbocycles. The Morgan fingerprint density at radius 1 is 0.458 bits per heavy atom. The highest BCUT2D eigenvalue weighted by atomic mass is 16.1. The number of rotatable bonds is 0. The van der Waals surface area contributed by atoms with Gasteiger partial charge < -0.3 is 11.5 Å². The van der Waals surface area contributed by atoms with Crippen molar-refractivity contribution in [2.45, 2.75) is 0 Å². The van der Waals surface area contributed by atoms with Crippen molar-refractivity contribution in [2.24, 2.45) is 0 Å². The molecule has 0 atom stereocenters. The number of hydrogen-bond acceptors (Lipinski definition) is 4. The summed E-state index contributed by atoms with van der Waals surface area (Å²) >= 11 is 0. The summed E-state index contributed by atoms with van der Waals surface area (Å²) in [5.74, 6) is -0.128. The Hall–Kier alpha value is -3.40. The molecule has 24 heavy (non-hydrogen) atoms. The molecule has 0 saturated carbocycles. The predicted molar refractivity (Wildman–Crippen MR) is 95.0 cm³/mol. The summed E-state index contributed by atoms with van der Waals surface area (Å²) in [5.41, 5.74) is 14.1. The smallest absolute Gasteiger partial charge is 0.194 e. The maximum Gasteiger partial charge on any atom is 0.194 e. The average molecular weight is 316 g/mol. The zero-order valence-corrected chi connectivity index (χ0v) is 12.9. The van der Waals surface area contributed by atoms with Crippen LogP contribution in [-0.4, -0.2) is 11.6 Å². The van der Waals surface area contributed by atoms with Crippen LogP contribution in [0.1, 0.15) is 31.8 Å². The molecule has 4 nitrogen and oxygen atoms in total. The molecule has 0 fully saturated rings. The van der Waals surface area contributed by atoms with Gasteiger partial charge >= 0.3 is 0 Å². The van der Waals surface area contributed by atoms with E-state index in [4.69, 9.17) is 11.5 Å². The Kier molecular flexibility index (Phi) is 4.12. The highest BCUT2D eigenvalue weighted by Crippen LogP contribution is 2.26. The molecule has 1 aliphatic rings. The number of fused-ring (bicyclic) bond motifs is 2. The Morgan fingerprint density at radius 3 is 0.958 bits per heavy atom. The summed E-state index contributed by atoms with van der Waals surface area (Å²) in [4.78, 5) is 24.2. The molecule has 0 aliphatic heterocycles. The van der Waals surface area contributed by atoms with E-state index < -0.39 is 0 Å². The molecule has 118 valence electrons. The van der Waals surface area contributed by atoms with Gasteiger partial charge in [0, 0.05) is 22.3 Å². The van der Waals surface area contributed by atoms with E-state index >= 15 is 0 Å². The molecule has 3 aromatic carbocycles. The lowest BCUT2D eigenvalue weighted by atomic mass is 9.84. The minimum absolute atomic E-state index is 0.0641. The van der Waals surface area contributed by atoms with Crippen molar-refractivity contribution in [1.82, 2.24) is 0 Å². The normalized spacial score (nSPS) is 11.8. The molecular formula is C20H16N2O2. The van der Waals surface area contributed by atoms with E-state index in [0.29, 0.717) is 33.6 Å². The SMILES string of the molecule is Nc1ccccc1N.O=C1c2ccccc2C(=O)c2ccccc21. The Morgan fingerprint density at radius 2 is 0.708 bits per heavy atom. The number of nitrogens with two attached hydrogens (primary N) is 2. The van der Waals surface area contributed by atoms with Gasteiger partial charge in [-0.15, -0.1) is 0 Å². The quantitative estimate of drug-likeness (QED) is 0.487. The molecule has 0 amide bonds. The van der Waals surface area contributed by atoms with Gasteiger partial charge in [-0.3, -0.25) is 9.59 Å². The van der Waals surface area contributed by atoms with Gasteiger partial charge in [0.1, 0.15) is 0 Å². The van der Waals surface area contributed by atoms with Crippen LogP contribution in [0, 0.1) is 0 Å². The molecule has 0 spiro atoms. The summed E-state index contributed by atoms with van der Waals surface area (Å²) in [6.45, 7) is 0. The van der Waals surface area contributed by atoms with Crippen LogP contribution in [0.5, 0.6) is 0 Å². The minimum Gasteiger partial charge on any atom is -0.397 e. The van der Waals surface area contributed by atoms with Gasteiger partial charge in [-0.2, -0.15) is 0 Å². The number of hydrogen-bond donors (Lipinski definition) is 2. The monoisotopic (exact) mass is 316 g/mol. The standard InChI is InChI=1S/C14H8O2.C6H8N2/c15-13-9-5-1-2-6-10(9)14(16)12-8-4-3-7-11(12)13;7-5-3-1-2-4-6(5)8/h1-8H;1-4H,7-8H2. The molecule has 4 heteroatoms. The van der Waals surface area contributed by atoms with Crippen LogP contribution in [-0.2, 0) is 0 Å². The molecule has 4 N–H and O–H groups in total. The maximum absolute atomic E-state index is 12.1. The number of para-hydroxylation sites is 2. The van der Waals surface area contributed by atoms with Crippen LogP contribution in [0.15, 0.2) is 72.8 Å². The second-order valence-electron chi connectivity index (χ2n) is 5.38. The van der Waals surface area contributed by atoms with E-state index in [0.717, 1.165) is 0 Å². The number of anilines is 2. The maximum atomic E-state index is 12.1. The van der Waals surface area contributed by atoms with Crippen LogP contribution in [0.25, 0.3) is 0 Å². The van der Waals surface area contributed by atoms with Gasteiger partial charge in [-0.05, 0) is 12.1 Å². The van der Waals surface area contributed by atoms with Crippen molar-refractivity contribution in [1.29, 1.82) is 0 Å². The van der Waals surface area contributed by atoms with Crippen LogP contribution < -0.4 is 11.5 Å². The van der Waals surface area contributed by atoms with Crippen molar-refractivity contribution < 1.29 is 9.59 Å². The van der Waals surface area contributed by atoms with Crippen LogP contribution in [0.2, 0.25) is 0 Å². The lowest BCUT2D eigenvalue weighted by Crippen LogP contribution is -2.20. The van der Waals surface area contributed by atoms with Gasteiger partial charge in [0.25, 0.3) is 0 Å². The second kappa shape index (κ2) is 6.38. The first-order valence-electron chi connectivity index (χ1n) is 7.47. The Bertz CT molecular complexity index is 806. The largest absolute Gasteiger partial charge is 0.397 e. The summed E-state index contributed by atoms with van der Waals surface area (Å²) in [7, 11) is 0. The summed E-state index contributed by atoms with van der Waals surface area (Å²) in [6.07, 6.45) is 0. The molecular weight excluding hydrogens is 300 g/mol. The molecule has 0 saturated heterocycles. The van der Waals surface area contributed by atoms with Gasteiger partial charge in [0.2, 0.25) is 0 Å². The first kappa shape index (κ1) is 15.5. The Balaban J connectivity index is 0.000000179. The number of ketones is 2. The summed E-state index contributed by atoms with van der Waals surface area (Å²) < 4.78 is 0. The fourth-order valence-electron chi connectivity index (χ4n) is 2.56. The molecule has 0 aromatic heterocycles. The van der Waals surface area contributed by atoms with Gasteiger partial charge in [-0.1, -0.05) is 60.7 Å². The number of nitrogen functional groups attached to an aromatic ring is 2. The van der Waals surface area contributed by atoms with E-state index in [1.807, 2.05) is 12.1 Å². The van der Waals surface area contributed by atoms with Crippen LogP contribution in [0.3, 0.4) is 0 Å². The molecule has 0 heterocycles. The van der Waals surface area contributed by atoms with Crippen molar-refractivity contribution in [3.63, 3.8) is 0 Å². The summed E-state index contributed by atoms with van der Waals surface area (Å²) in [6, 6.07) is 21.2. The van der Waals surface area contributed by atoms with Crippen LogP contribution in [0.4, 0.5) is 11.4 Å². The van der Waals surface area contributed by atoms with E-state index in [1.165, 1.54) is 0 Å². The van der Waals surface area contributed by atoms with Crippen molar-refractivity contribution >= 4 is 22.9 Å². The number of benzene rings is 3. The van der Waals surface area contributed by atoms with Gasteiger partial charge in [-0.25, -0.2) is 0 Å². The lowest BCUT2D eigenvalue weighted by molar-refractivity contribution is 0.0979. The average Bonchev–Trinajstić information content (AvgIpc) is 2.63. The first-order valence-corrected chi connectivity index (χ1v) is 7.47. The van der Waals surface area contributed by atoms with Gasteiger partial charge in [0.15, 0.2) is 11.6 Å². The first-order chi connectivity index (χ1) is 11.6. The molecule has 3 aromatic rings. The van der Waals surface area contributed by atoms with Crippen molar-refractivity contribution in [3.8, 4) is 0 Å². The zero-order valence-electron chi connectivity index (χ0n) is 12.9. The van der Waals surface area contributed by atoms with Crippen molar-refractivity contribution in [2.75, 3.05) is 11.5 Å². The fraction of sp³-hybridized carbons (Fsp3) is 0. The summed E-state index contributed by atoms with van der Waals surface area (Å²) in [5, 5.41) is 0. The van der Waals surface area contributed by atoms with Gasteiger partial charge in [0.05, 0.1) is 11.4 Å². The molecule has 0 bridgehead atoms. The third-order valence-electron chi connectivity index (χ3n) is 3.83. The molecule has 0 radical (unpaired) electrons. The van der Waals surface area contributed by atoms with E-state index in [1.54, 1.807) is 60.7 Å². The lowest BCUT2D eigenvalue weighted by Gasteiger charge is -2.16. The zero-order chi connectivity index (χ0) is 17.1. The highest BCUT2D eigenvalue weighted by molar-refractivity contribution is 6.28. The van der Waals surface area contributed by atoms with E-state index in [2.05, 4.69) is 0 Å². The fourth-order valence-corrected chi connectivity index (χ4v) is 2.56. The third kappa shape index (κ3) is 2.77. The number of carbonyl (C=O) groups is 2. The second-order valence-corrected chi connectivity index (χ2v) is 5.38. The minimum atomic E-state index is -0.0641. The Labute approximate surface area is 139 Å². The van der Waals surface area contributed by atoms with E-state index in [-0.39, 0.29) is 11.6 Å². The van der Waals surface area contributed by atoms with E-state index in [9.17, 15) is 9.59 Å². The third-order valence-corrected chi connectivity index (χ3v) is 3.83. The van der Waals surface area contributed by atoms with Crippen molar-refractivity contribution in [3.05, 3.63) is 95.1 Å². The topological polar surface area (TPSA) is 86.2 Å².